The van der Waals surface area contributed by atoms with Gasteiger partial charge in [0, 0.05) is 32.2 Å². The summed E-state index contributed by atoms with van der Waals surface area (Å²) in [4.78, 5) is 16.5. The summed E-state index contributed by atoms with van der Waals surface area (Å²) in [5.74, 6) is -1.45. The number of amides is 2. The lowest BCUT2D eigenvalue weighted by Crippen LogP contribution is -2.54. The van der Waals surface area contributed by atoms with Crippen molar-refractivity contribution in [3.63, 3.8) is 0 Å². The zero-order chi connectivity index (χ0) is 19.4. The van der Waals surface area contributed by atoms with Crippen molar-refractivity contribution in [2.24, 2.45) is 0 Å². The second-order valence-electron chi connectivity index (χ2n) is 6.94. The highest BCUT2D eigenvalue weighted by Gasteiger charge is 2.28. The number of aryl methyl sites for hydroxylation is 1. The lowest BCUT2D eigenvalue weighted by Gasteiger charge is -2.39. The summed E-state index contributed by atoms with van der Waals surface area (Å²) in [5, 5.41) is 2.44. The monoisotopic (exact) mass is 373 g/mol. The Morgan fingerprint density at radius 3 is 2.56 bits per heavy atom. The maximum atomic E-state index is 14.4. The number of nitrogens with zero attached hydrogens (tertiary/aromatic N) is 2. The van der Waals surface area contributed by atoms with Crippen LogP contribution in [0.5, 0.6) is 0 Å². The summed E-state index contributed by atoms with van der Waals surface area (Å²) in [7, 11) is 0. The number of rotatable bonds is 4. The van der Waals surface area contributed by atoms with E-state index in [1.807, 2.05) is 25.1 Å². The Hall–Kier alpha value is -2.47. The summed E-state index contributed by atoms with van der Waals surface area (Å²) in [5.41, 5.74) is 1.24. The highest BCUT2D eigenvalue weighted by molar-refractivity contribution is 5.90. The Kier molecular flexibility index (Phi) is 6.06. The summed E-state index contributed by atoms with van der Waals surface area (Å²) in [6.45, 7) is 6.50. The van der Waals surface area contributed by atoms with E-state index in [9.17, 15) is 13.6 Å². The molecule has 1 heterocycles. The smallest absolute Gasteiger partial charge is 0.319 e. The van der Waals surface area contributed by atoms with E-state index < -0.39 is 17.7 Å². The predicted molar refractivity (Wildman–Crippen MR) is 103 cm³/mol. The normalized spacial score (nSPS) is 17.8. The number of piperazine rings is 1. The third kappa shape index (κ3) is 4.45. The number of nitrogens with one attached hydrogen (secondary N) is 1. The highest BCUT2D eigenvalue weighted by Crippen LogP contribution is 2.24. The van der Waals surface area contributed by atoms with Crippen molar-refractivity contribution in [2.75, 3.05) is 25.0 Å². The summed E-state index contributed by atoms with van der Waals surface area (Å²) >= 11 is 0. The molecule has 2 aromatic carbocycles. The Bertz CT molecular complexity index is 798. The van der Waals surface area contributed by atoms with Crippen LogP contribution in [0, 0.1) is 11.6 Å². The molecule has 27 heavy (non-hydrogen) atoms. The van der Waals surface area contributed by atoms with Crippen molar-refractivity contribution in [3.8, 4) is 0 Å². The van der Waals surface area contributed by atoms with Gasteiger partial charge in [0.1, 0.15) is 11.5 Å². The number of urea groups is 1. The fourth-order valence-corrected chi connectivity index (χ4v) is 3.48. The standard InChI is InChI=1S/C21H25F2N3O/c1-3-17-9-10-18(22)20(19(17)23)24-21(27)26-12-11-25(13-15(26)2)14-16-7-5-4-6-8-16/h4-10,15H,3,11-14H2,1-2H3,(H,24,27)/t15-/m1/s1. The van der Waals surface area contributed by atoms with Gasteiger partial charge >= 0.3 is 6.03 Å². The van der Waals surface area contributed by atoms with Crippen molar-refractivity contribution in [1.82, 2.24) is 9.80 Å². The van der Waals surface area contributed by atoms with Crippen LogP contribution in [0.15, 0.2) is 42.5 Å². The summed E-state index contributed by atoms with van der Waals surface area (Å²) < 4.78 is 28.4. The van der Waals surface area contributed by atoms with Crippen molar-refractivity contribution >= 4 is 11.7 Å². The lowest BCUT2D eigenvalue weighted by molar-refractivity contribution is 0.104. The molecule has 3 rings (SSSR count). The van der Waals surface area contributed by atoms with E-state index in [0.717, 1.165) is 6.54 Å². The molecule has 4 nitrogen and oxygen atoms in total. The zero-order valence-electron chi connectivity index (χ0n) is 15.7. The van der Waals surface area contributed by atoms with E-state index in [2.05, 4.69) is 22.3 Å². The SMILES string of the molecule is CCc1ccc(F)c(NC(=O)N2CCN(Cc3ccccc3)C[C@H]2C)c1F. The summed E-state index contributed by atoms with van der Waals surface area (Å²) in [6.07, 6.45) is 0.434. The molecule has 1 aliphatic heterocycles. The second kappa shape index (κ2) is 8.48. The molecule has 0 aromatic heterocycles. The first-order valence-electron chi connectivity index (χ1n) is 9.30. The molecule has 0 saturated carbocycles. The lowest BCUT2D eigenvalue weighted by atomic mass is 10.1. The van der Waals surface area contributed by atoms with Gasteiger partial charge in [-0.15, -0.1) is 0 Å². The van der Waals surface area contributed by atoms with E-state index in [4.69, 9.17) is 0 Å². The molecule has 2 aromatic rings. The molecule has 1 N–H and O–H groups in total. The molecular formula is C21H25F2N3O. The Balaban J connectivity index is 1.64. The Labute approximate surface area is 158 Å². The van der Waals surface area contributed by atoms with Gasteiger partial charge in [0.25, 0.3) is 0 Å². The molecule has 1 aliphatic rings. The molecule has 0 unspecified atom stereocenters. The molecule has 1 saturated heterocycles. The second-order valence-corrected chi connectivity index (χ2v) is 6.94. The molecule has 6 heteroatoms. The van der Waals surface area contributed by atoms with Crippen LogP contribution in [0.4, 0.5) is 19.3 Å². The first-order valence-corrected chi connectivity index (χ1v) is 9.30. The number of carbonyl (C=O) groups excluding carboxylic acids is 1. The molecule has 0 spiro atoms. The molecule has 1 fully saturated rings. The first kappa shape index (κ1) is 19.3. The maximum Gasteiger partial charge on any atom is 0.322 e. The molecule has 0 aliphatic carbocycles. The molecule has 0 bridgehead atoms. The minimum atomic E-state index is -0.756. The van der Waals surface area contributed by atoms with Gasteiger partial charge in [0.15, 0.2) is 5.82 Å². The highest BCUT2D eigenvalue weighted by atomic mass is 19.1. The van der Waals surface area contributed by atoms with Crippen LogP contribution in [0.3, 0.4) is 0 Å². The molecule has 0 radical (unpaired) electrons. The van der Waals surface area contributed by atoms with E-state index >= 15 is 0 Å². The molecule has 2 amide bonds. The van der Waals surface area contributed by atoms with Gasteiger partial charge < -0.3 is 10.2 Å². The van der Waals surface area contributed by atoms with Crippen molar-refractivity contribution in [1.29, 1.82) is 0 Å². The Morgan fingerprint density at radius 1 is 1.15 bits per heavy atom. The van der Waals surface area contributed by atoms with Crippen LogP contribution in [-0.4, -0.2) is 41.5 Å². The van der Waals surface area contributed by atoms with Crippen LogP contribution in [0.2, 0.25) is 0 Å². The molecule has 1 atom stereocenters. The number of hydrogen-bond donors (Lipinski definition) is 1. The number of halogens is 2. The predicted octanol–water partition coefficient (Wildman–Crippen LogP) is 4.27. The Morgan fingerprint density at radius 2 is 1.89 bits per heavy atom. The van der Waals surface area contributed by atoms with Gasteiger partial charge in [-0.3, -0.25) is 4.90 Å². The fraction of sp³-hybridized carbons (Fsp3) is 0.381. The van der Waals surface area contributed by atoms with Crippen LogP contribution in [-0.2, 0) is 13.0 Å². The van der Waals surface area contributed by atoms with Gasteiger partial charge in [-0.2, -0.15) is 0 Å². The first-order chi connectivity index (χ1) is 13.0. The third-order valence-corrected chi connectivity index (χ3v) is 5.01. The molecular weight excluding hydrogens is 348 g/mol. The topological polar surface area (TPSA) is 35.6 Å². The largest absolute Gasteiger partial charge is 0.322 e. The van der Waals surface area contributed by atoms with Crippen LogP contribution >= 0.6 is 0 Å². The zero-order valence-corrected chi connectivity index (χ0v) is 15.7. The number of benzene rings is 2. The van der Waals surface area contributed by atoms with E-state index in [1.165, 1.54) is 17.7 Å². The van der Waals surface area contributed by atoms with E-state index in [1.54, 1.807) is 11.8 Å². The average Bonchev–Trinajstić information content (AvgIpc) is 2.66. The van der Waals surface area contributed by atoms with Gasteiger partial charge in [0.2, 0.25) is 0 Å². The van der Waals surface area contributed by atoms with Gasteiger partial charge in [-0.1, -0.05) is 43.3 Å². The number of carbonyl (C=O) groups is 1. The van der Waals surface area contributed by atoms with Crippen molar-refractivity contribution < 1.29 is 13.6 Å². The van der Waals surface area contributed by atoms with E-state index in [0.29, 0.717) is 31.6 Å². The van der Waals surface area contributed by atoms with Crippen molar-refractivity contribution in [2.45, 2.75) is 32.9 Å². The van der Waals surface area contributed by atoms with Gasteiger partial charge in [-0.05, 0) is 30.5 Å². The van der Waals surface area contributed by atoms with Gasteiger partial charge in [0.05, 0.1) is 0 Å². The van der Waals surface area contributed by atoms with Crippen LogP contribution < -0.4 is 5.32 Å². The average molecular weight is 373 g/mol. The minimum Gasteiger partial charge on any atom is -0.319 e. The van der Waals surface area contributed by atoms with Crippen molar-refractivity contribution in [3.05, 3.63) is 65.2 Å². The quantitative estimate of drug-likeness (QED) is 0.869. The number of hydrogen-bond acceptors (Lipinski definition) is 2. The number of anilines is 1. The fourth-order valence-electron chi connectivity index (χ4n) is 3.48. The van der Waals surface area contributed by atoms with Gasteiger partial charge in [-0.25, -0.2) is 13.6 Å². The van der Waals surface area contributed by atoms with Crippen LogP contribution in [0.1, 0.15) is 25.0 Å². The summed E-state index contributed by atoms with van der Waals surface area (Å²) in [6, 6.07) is 12.2. The third-order valence-electron chi connectivity index (χ3n) is 5.01. The molecule has 144 valence electrons. The maximum absolute atomic E-state index is 14.4. The van der Waals surface area contributed by atoms with E-state index in [-0.39, 0.29) is 11.7 Å². The van der Waals surface area contributed by atoms with Crippen LogP contribution in [0.25, 0.3) is 0 Å². The minimum absolute atomic E-state index is 0.0528.